The lowest BCUT2D eigenvalue weighted by Crippen LogP contribution is -2.47. The normalized spacial score (nSPS) is 13.1. The summed E-state index contributed by atoms with van der Waals surface area (Å²) in [5, 5.41) is 18.5. The van der Waals surface area contributed by atoms with E-state index >= 15 is 0 Å². The lowest BCUT2D eigenvalue weighted by atomic mass is 9.78. The van der Waals surface area contributed by atoms with E-state index in [4.69, 9.17) is 0 Å². The summed E-state index contributed by atoms with van der Waals surface area (Å²) in [4.78, 5) is 36.4. The highest BCUT2D eigenvalue weighted by molar-refractivity contribution is 5.96. The number of aryl methyl sites for hydroxylation is 1. The fourth-order valence-electron chi connectivity index (χ4n) is 2.76. The molecule has 1 atom stereocenters. The van der Waals surface area contributed by atoms with Crippen LogP contribution in [0.5, 0.6) is 0 Å². The maximum Gasteiger partial charge on any atom is 0.315 e. The van der Waals surface area contributed by atoms with Gasteiger partial charge in [-0.1, -0.05) is 37.3 Å². The second-order valence-corrected chi connectivity index (χ2v) is 5.93. The van der Waals surface area contributed by atoms with Crippen LogP contribution < -0.4 is 10.9 Å². The van der Waals surface area contributed by atoms with E-state index in [1.54, 1.807) is 51.1 Å². The van der Waals surface area contributed by atoms with Gasteiger partial charge in [0, 0.05) is 6.54 Å². The third kappa shape index (κ3) is 3.45. The van der Waals surface area contributed by atoms with Crippen molar-refractivity contribution in [1.82, 2.24) is 15.5 Å². The molecule has 25 heavy (non-hydrogen) atoms. The van der Waals surface area contributed by atoms with E-state index in [0.29, 0.717) is 16.8 Å². The summed E-state index contributed by atoms with van der Waals surface area (Å²) in [6, 6.07) is 8.75. The van der Waals surface area contributed by atoms with Gasteiger partial charge in [0.1, 0.15) is 11.0 Å². The van der Waals surface area contributed by atoms with Gasteiger partial charge in [0.2, 0.25) is 0 Å². The van der Waals surface area contributed by atoms with Crippen molar-refractivity contribution in [3.8, 4) is 0 Å². The smallest absolute Gasteiger partial charge is 0.315 e. The van der Waals surface area contributed by atoms with Crippen LogP contribution >= 0.6 is 0 Å². The second kappa shape index (κ2) is 7.29. The van der Waals surface area contributed by atoms with Crippen LogP contribution in [0, 0.1) is 13.8 Å². The first kappa shape index (κ1) is 18.4. The molecular weight excluding hydrogens is 322 g/mol. The van der Waals surface area contributed by atoms with Crippen molar-refractivity contribution in [1.29, 1.82) is 0 Å². The van der Waals surface area contributed by atoms with Gasteiger partial charge in [0.25, 0.3) is 11.5 Å². The zero-order valence-electron chi connectivity index (χ0n) is 14.4. The van der Waals surface area contributed by atoms with Crippen molar-refractivity contribution < 1.29 is 14.7 Å². The highest BCUT2D eigenvalue weighted by atomic mass is 16.4. The number of aliphatic carboxylic acids is 1. The van der Waals surface area contributed by atoms with Crippen LogP contribution in [0.3, 0.4) is 0 Å². The maximum absolute atomic E-state index is 12.5. The molecule has 2 aromatic rings. The Morgan fingerprint density at radius 1 is 1.24 bits per heavy atom. The molecule has 1 unspecified atom stereocenters. The van der Waals surface area contributed by atoms with Crippen molar-refractivity contribution in [3.05, 3.63) is 63.1 Å². The Balaban J connectivity index is 2.34. The van der Waals surface area contributed by atoms with Gasteiger partial charge in [-0.15, -0.1) is 0 Å². The number of carboxylic acid groups (broad SMARTS) is 1. The number of hydrogen-bond acceptors (Lipinski definition) is 4. The van der Waals surface area contributed by atoms with Crippen LogP contribution in [0.1, 0.15) is 40.5 Å². The Morgan fingerprint density at radius 3 is 2.44 bits per heavy atom. The first-order valence-corrected chi connectivity index (χ1v) is 7.96. The molecule has 7 heteroatoms. The van der Waals surface area contributed by atoms with Crippen molar-refractivity contribution in [2.24, 2.45) is 0 Å². The first-order chi connectivity index (χ1) is 11.8. The molecule has 0 saturated carbocycles. The zero-order valence-corrected chi connectivity index (χ0v) is 14.4. The molecule has 0 bridgehead atoms. The molecule has 1 heterocycles. The lowest BCUT2D eigenvalue weighted by molar-refractivity contribution is -0.143. The van der Waals surface area contributed by atoms with Crippen molar-refractivity contribution in [2.45, 2.75) is 32.6 Å². The van der Waals surface area contributed by atoms with Crippen molar-refractivity contribution in [2.75, 3.05) is 6.54 Å². The lowest BCUT2D eigenvalue weighted by Gasteiger charge is -2.29. The van der Waals surface area contributed by atoms with Crippen molar-refractivity contribution >= 4 is 11.9 Å². The molecule has 0 aliphatic heterocycles. The molecule has 1 amide bonds. The maximum atomic E-state index is 12.5. The highest BCUT2D eigenvalue weighted by Crippen LogP contribution is 2.28. The molecule has 0 fully saturated rings. The number of rotatable bonds is 6. The Labute approximate surface area is 145 Å². The van der Waals surface area contributed by atoms with Gasteiger partial charge in [-0.3, -0.25) is 14.4 Å². The number of amides is 1. The molecule has 0 radical (unpaired) electrons. The number of benzene rings is 1. The van der Waals surface area contributed by atoms with Gasteiger partial charge in [-0.05, 0) is 31.4 Å². The van der Waals surface area contributed by atoms with Crippen molar-refractivity contribution in [3.63, 3.8) is 0 Å². The van der Waals surface area contributed by atoms with Crippen LogP contribution in [-0.2, 0) is 10.2 Å². The molecule has 7 nitrogen and oxygen atoms in total. The SMILES string of the molecule is CCC(CNC(=O)c1c(C)c(C)n[nH]c1=O)(C(=O)O)c1ccccc1. The number of H-pyrrole nitrogens is 1. The quantitative estimate of drug-likeness (QED) is 0.737. The average molecular weight is 343 g/mol. The standard InChI is InChI=1S/C18H21N3O4/c1-4-18(17(24)25,13-8-6-5-7-9-13)10-19-15(22)14-11(2)12(3)20-21-16(14)23/h5-9H,4,10H2,1-3H3,(H,19,22)(H,21,23)(H,24,25). The molecular formula is C18H21N3O4. The molecule has 132 valence electrons. The zero-order chi connectivity index (χ0) is 18.6. The molecule has 0 saturated heterocycles. The minimum absolute atomic E-state index is 0.0454. The van der Waals surface area contributed by atoms with Gasteiger partial charge in [0.05, 0.1) is 5.69 Å². The van der Waals surface area contributed by atoms with E-state index in [1.807, 2.05) is 0 Å². The van der Waals surface area contributed by atoms with Gasteiger partial charge in [-0.2, -0.15) is 5.10 Å². The van der Waals surface area contributed by atoms with Crippen LogP contribution in [-0.4, -0.2) is 33.7 Å². The summed E-state index contributed by atoms with van der Waals surface area (Å²) in [6.07, 6.45) is 0.289. The Kier molecular flexibility index (Phi) is 5.36. The number of carbonyl (C=O) groups is 2. The minimum atomic E-state index is -1.26. The molecule has 0 aliphatic carbocycles. The number of aromatic amines is 1. The number of carbonyl (C=O) groups excluding carboxylic acids is 1. The van der Waals surface area contributed by atoms with E-state index in [0.717, 1.165) is 0 Å². The van der Waals surface area contributed by atoms with Crippen LogP contribution in [0.2, 0.25) is 0 Å². The number of nitrogens with zero attached hydrogens (tertiary/aromatic N) is 1. The molecule has 1 aromatic heterocycles. The van der Waals surface area contributed by atoms with Crippen LogP contribution in [0.15, 0.2) is 35.1 Å². The molecule has 0 aliphatic rings. The fraction of sp³-hybridized carbons (Fsp3) is 0.333. The summed E-state index contributed by atoms with van der Waals surface area (Å²) in [5.41, 5.74) is -0.304. The fourth-order valence-corrected chi connectivity index (χ4v) is 2.76. The van der Waals surface area contributed by atoms with Gasteiger partial charge in [-0.25, -0.2) is 5.10 Å². The summed E-state index contributed by atoms with van der Waals surface area (Å²) in [6.45, 7) is 4.94. The van der Waals surface area contributed by atoms with Gasteiger partial charge >= 0.3 is 5.97 Å². The van der Waals surface area contributed by atoms with E-state index in [9.17, 15) is 19.5 Å². The second-order valence-electron chi connectivity index (χ2n) is 5.93. The molecule has 2 rings (SSSR count). The topological polar surface area (TPSA) is 112 Å². The van der Waals surface area contributed by atoms with Gasteiger partial charge in [0.15, 0.2) is 0 Å². The Bertz CT molecular complexity index is 845. The van der Waals surface area contributed by atoms with E-state index in [1.165, 1.54) is 0 Å². The Hall–Kier alpha value is -2.96. The predicted octanol–water partition coefficient (Wildman–Crippen LogP) is 1.55. The van der Waals surface area contributed by atoms with E-state index in [2.05, 4.69) is 15.5 Å². The number of carboxylic acids is 1. The third-order valence-corrected chi connectivity index (χ3v) is 4.59. The van der Waals surface area contributed by atoms with Crippen LogP contribution in [0.25, 0.3) is 0 Å². The summed E-state index contributed by atoms with van der Waals surface area (Å²) in [5.74, 6) is -1.64. The van der Waals surface area contributed by atoms with Gasteiger partial charge < -0.3 is 10.4 Å². The number of hydrogen-bond donors (Lipinski definition) is 3. The summed E-state index contributed by atoms with van der Waals surface area (Å²) >= 11 is 0. The predicted molar refractivity (Wildman–Crippen MR) is 92.7 cm³/mol. The summed E-state index contributed by atoms with van der Waals surface area (Å²) < 4.78 is 0. The average Bonchev–Trinajstić information content (AvgIpc) is 2.60. The minimum Gasteiger partial charge on any atom is -0.481 e. The Morgan fingerprint density at radius 2 is 1.88 bits per heavy atom. The molecule has 3 N–H and O–H groups in total. The number of aromatic nitrogens is 2. The van der Waals surface area contributed by atoms with Crippen LogP contribution in [0.4, 0.5) is 0 Å². The van der Waals surface area contributed by atoms with E-state index in [-0.39, 0.29) is 18.5 Å². The molecule has 0 spiro atoms. The third-order valence-electron chi connectivity index (χ3n) is 4.59. The number of nitrogens with one attached hydrogen (secondary N) is 2. The molecule has 1 aromatic carbocycles. The first-order valence-electron chi connectivity index (χ1n) is 7.96. The monoisotopic (exact) mass is 343 g/mol. The summed E-state index contributed by atoms with van der Waals surface area (Å²) in [7, 11) is 0. The largest absolute Gasteiger partial charge is 0.481 e. The van der Waals surface area contributed by atoms with E-state index < -0.39 is 22.9 Å². The highest BCUT2D eigenvalue weighted by Gasteiger charge is 2.39.